The van der Waals surface area contributed by atoms with E-state index < -0.39 is 12.0 Å². The summed E-state index contributed by atoms with van der Waals surface area (Å²) in [5.74, 6) is -0.521. The number of nitrogens with one attached hydrogen (secondary N) is 1. The number of benzene rings is 1. The van der Waals surface area contributed by atoms with Crippen LogP contribution in [0.2, 0.25) is 0 Å². The molecule has 0 bridgehead atoms. The monoisotopic (exact) mass is 377 g/mol. The van der Waals surface area contributed by atoms with Gasteiger partial charge in [-0.1, -0.05) is 18.2 Å². The van der Waals surface area contributed by atoms with Crippen molar-refractivity contribution in [2.75, 3.05) is 0 Å². The molecule has 0 aliphatic carbocycles. The van der Waals surface area contributed by atoms with Gasteiger partial charge < -0.3 is 4.74 Å². The fourth-order valence-electron chi connectivity index (χ4n) is 2.30. The first-order valence-electron chi connectivity index (χ1n) is 7.42. The number of fused-ring (bicyclic) bond motifs is 1. The quantitative estimate of drug-likeness (QED) is 0.580. The van der Waals surface area contributed by atoms with Crippen LogP contribution in [-0.2, 0) is 12.8 Å². The second kappa shape index (κ2) is 6.37. The van der Waals surface area contributed by atoms with Crippen LogP contribution >= 0.6 is 11.3 Å². The van der Waals surface area contributed by atoms with Gasteiger partial charge in [-0.15, -0.1) is 11.3 Å². The molecule has 3 heterocycles. The van der Waals surface area contributed by atoms with E-state index in [-0.39, 0.29) is 18.0 Å². The number of aromatic amines is 1. The van der Waals surface area contributed by atoms with Crippen LogP contribution in [0.25, 0.3) is 21.6 Å². The summed E-state index contributed by atoms with van der Waals surface area (Å²) in [5, 5.41) is 9.07. The highest BCUT2D eigenvalue weighted by Gasteiger charge is 2.35. The topological polar surface area (TPSA) is 76.6 Å². The van der Waals surface area contributed by atoms with Crippen molar-refractivity contribution in [3.8, 4) is 16.6 Å². The molecule has 4 aromatic rings. The molecule has 10 heteroatoms. The number of alkyl halides is 3. The number of ether oxygens (including phenoxy) is 1. The van der Waals surface area contributed by atoms with Crippen LogP contribution in [0.15, 0.2) is 41.8 Å². The summed E-state index contributed by atoms with van der Waals surface area (Å²) in [5.41, 5.74) is 0.154. The predicted molar refractivity (Wildman–Crippen MR) is 88.6 cm³/mol. The first kappa shape index (κ1) is 16.5. The zero-order valence-corrected chi connectivity index (χ0v) is 13.8. The van der Waals surface area contributed by atoms with E-state index in [2.05, 4.69) is 25.1 Å². The number of thiophene rings is 1. The minimum absolute atomic E-state index is 0.101. The lowest BCUT2D eigenvalue weighted by atomic mass is 10.2. The van der Waals surface area contributed by atoms with Crippen LogP contribution < -0.4 is 4.74 Å². The lowest BCUT2D eigenvalue weighted by molar-refractivity contribution is -0.145. The van der Waals surface area contributed by atoms with Gasteiger partial charge in [0.2, 0.25) is 11.7 Å². The van der Waals surface area contributed by atoms with Gasteiger partial charge >= 0.3 is 6.18 Å². The van der Waals surface area contributed by atoms with E-state index in [1.165, 1.54) is 17.4 Å². The first-order chi connectivity index (χ1) is 12.5. The Balaban J connectivity index is 1.62. The molecule has 0 amide bonds. The van der Waals surface area contributed by atoms with Gasteiger partial charge in [0, 0.05) is 0 Å². The van der Waals surface area contributed by atoms with E-state index in [1.807, 2.05) is 17.5 Å². The van der Waals surface area contributed by atoms with Crippen molar-refractivity contribution in [1.82, 2.24) is 25.1 Å². The lowest BCUT2D eigenvalue weighted by Gasteiger charge is -2.10. The summed E-state index contributed by atoms with van der Waals surface area (Å²) in [6.07, 6.45) is -4.67. The first-order valence-corrected chi connectivity index (χ1v) is 8.30. The SMILES string of the molecule is FC(F)(F)c1nc(OCc2nc(-c3cccs3)n[nH]2)c2ccccc2n1. The third kappa shape index (κ3) is 3.23. The lowest BCUT2D eigenvalue weighted by Crippen LogP contribution is -2.12. The molecule has 0 aliphatic heterocycles. The molecule has 3 aromatic heterocycles. The number of hydrogen-bond acceptors (Lipinski definition) is 6. The smallest absolute Gasteiger partial charge is 0.451 e. The number of aromatic nitrogens is 5. The highest BCUT2D eigenvalue weighted by Crippen LogP contribution is 2.31. The molecular formula is C16H10F3N5OS. The van der Waals surface area contributed by atoms with Gasteiger partial charge in [-0.05, 0) is 23.6 Å². The average molecular weight is 377 g/mol. The van der Waals surface area contributed by atoms with Crippen molar-refractivity contribution in [2.24, 2.45) is 0 Å². The Labute approximate surface area is 148 Å². The van der Waals surface area contributed by atoms with Gasteiger partial charge in [0.15, 0.2) is 11.6 Å². The maximum atomic E-state index is 13.0. The van der Waals surface area contributed by atoms with Gasteiger partial charge in [-0.2, -0.15) is 23.3 Å². The van der Waals surface area contributed by atoms with Gasteiger partial charge in [-0.25, -0.2) is 9.97 Å². The molecule has 0 atom stereocenters. The Hall–Kier alpha value is -3.01. The van der Waals surface area contributed by atoms with Gasteiger partial charge in [0.25, 0.3) is 0 Å². The van der Waals surface area contributed by atoms with Crippen molar-refractivity contribution in [1.29, 1.82) is 0 Å². The van der Waals surface area contributed by atoms with Crippen LogP contribution in [0, 0.1) is 0 Å². The van der Waals surface area contributed by atoms with E-state index in [0.717, 1.165) is 4.88 Å². The number of nitrogens with zero attached hydrogens (tertiary/aromatic N) is 4. The molecule has 1 aromatic carbocycles. The molecule has 0 radical (unpaired) electrons. The molecule has 0 spiro atoms. The highest BCUT2D eigenvalue weighted by atomic mass is 32.1. The second-order valence-electron chi connectivity index (χ2n) is 5.24. The largest absolute Gasteiger partial charge is 0.469 e. The fourth-order valence-corrected chi connectivity index (χ4v) is 2.95. The molecule has 0 unspecified atom stereocenters. The van der Waals surface area contributed by atoms with Crippen molar-refractivity contribution in [3.63, 3.8) is 0 Å². The van der Waals surface area contributed by atoms with E-state index in [0.29, 0.717) is 17.0 Å². The van der Waals surface area contributed by atoms with Crippen LogP contribution in [0.5, 0.6) is 5.88 Å². The van der Waals surface area contributed by atoms with E-state index in [4.69, 9.17) is 4.74 Å². The van der Waals surface area contributed by atoms with Crippen LogP contribution in [-0.4, -0.2) is 25.1 Å². The zero-order chi connectivity index (χ0) is 18.1. The standard InChI is InChI=1S/C16H10F3N5OS/c17-16(18,19)15-20-10-5-2-1-4-9(10)14(22-15)25-8-12-21-13(24-23-12)11-6-3-7-26-11/h1-7H,8H2,(H,21,23,24). The molecule has 26 heavy (non-hydrogen) atoms. The third-order valence-corrected chi connectivity index (χ3v) is 4.31. The Morgan fingerprint density at radius 1 is 1.04 bits per heavy atom. The summed E-state index contributed by atoms with van der Waals surface area (Å²) in [6, 6.07) is 10.1. The van der Waals surface area contributed by atoms with Crippen molar-refractivity contribution >= 4 is 22.2 Å². The van der Waals surface area contributed by atoms with Crippen molar-refractivity contribution < 1.29 is 17.9 Å². The Kier molecular flexibility index (Phi) is 4.03. The number of hydrogen-bond donors (Lipinski definition) is 1. The molecule has 6 nitrogen and oxygen atoms in total. The molecule has 132 valence electrons. The van der Waals surface area contributed by atoms with Gasteiger partial charge in [0.1, 0.15) is 6.61 Å². The summed E-state index contributed by atoms with van der Waals surface area (Å²) in [4.78, 5) is 12.2. The number of rotatable bonds is 4. The summed E-state index contributed by atoms with van der Waals surface area (Å²) in [7, 11) is 0. The molecule has 1 N–H and O–H groups in total. The number of para-hydroxylation sites is 1. The van der Waals surface area contributed by atoms with E-state index in [1.54, 1.807) is 18.2 Å². The normalized spacial score (nSPS) is 11.8. The fraction of sp³-hybridized carbons (Fsp3) is 0.125. The Morgan fingerprint density at radius 2 is 1.88 bits per heavy atom. The second-order valence-corrected chi connectivity index (χ2v) is 6.19. The molecule has 0 aliphatic rings. The van der Waals surface area contributed by atoms with Crippen LogP contribution in [0.4, 0.5) is 13.2 Å². The Bertz CT molecular complexity index is 1050. The number of H-pyrrole nitrogens is 1. The van der Waals surface area contributed by atoms with Gasteiger partial charge in [0.05, 0.1) is 15.8 Å². The summed E-state index contributed by atoms with van der Waals surface area (Å²) < 4.78 is 44.5. The highest BCUT2D eigenvalue weighted by molar-refractivity contribution is 7.13. The molecule has 0 saturated carbocycles. The van der Waals surface area contributed by atoms with Crippen LogP contribution in [0.1, 0.15) is 11.6 Å². The van der Waals surface area contributed by atoms with Crippen molar-refractivity contribution in [3.05, 3.63) is 53.4 Å². The maximum Gasteiger partial charge on any atom is 0.451 e. The summed E-state index contributed by atoms with van der Waals surface area (Å²) in [6.45, 7) is -0.101. The molecule has 4 rings (SSSR count). The van der Waals surface area contributed by atoms with E-state index in [9.17, 15) is 13.2 Å². The minimum Gasteiger partial charge on any atom is -0.469 e. The predicted octanol–water partition coefficient (Wildman–Crippen LogP) is 4.07. The third-order valence-electron chi connectivity index (χ3n) is 3.44. The van der Waals surface area contributed by atoms with Crippen LogP contribution in [0.3, 0.4) is 0 Å². The minimum atomic E-state index is -4.67. The molecule has 0 fully saturated rings. The zero-order valence-electron chi connectivity index (χ0n) is 13.0. The Morgan fingerprint density at radius 3 is 2.65 bits per heavy atom. The maximum absolute atomic E-state index is 13.0. The average Bonchev–Trinajstić information content (AvgIpc) is 3.30. The molecular weight excluding hydrogens is 367 g/mol. The van der Waals surface area contributed by atoms with E-state index >= 15 is 0 Å². The summed E-state index contributed by atoms with van der Waals surface area (Å²) >= 11 is 1.48. The number of halogens is 3. The molecule has 0 saturated heterocycles. The van der Waals surface area contributed by atoms with Gasteiger partial charge in [-0.3, -0.25) is 5.10 Å². The van der Waals surface area contributed by atoms with Crippen molar-refractivity contribution in [2.45, 2.75) is 12.8 Å².